The minimum atomic E-state index is -1.37. The third-order valence-corrected chi connectivity index (χ3v) is 11.1. The van der Waals surface area contributed by atoms with Crippen molar-refractivity contribution in [3.63, 3.8) is 0 Å². The fourth-order valence-electron chi connectivity index (χ4n) is 8.06. The molecule has 3 fully saturated rings. The van der Waals surface area contributed by atoms with Crippen LogP contribution in [0.15, 0.2) is 60.7 Å². The second-order valence-corrected chi connectivity index (χ2v) is 15.2. The standard InChI is InChI=1S/C42H55N5O9/c1-2-14-32(37(49)40(52)43-24-34(48)45-36(42(54)55)29-19-10-5-11-20-29)44-39(51)33-23-31(56-26-27-15-6-3-7-16-27)25-47(33)41(53)35(28-17-8-4-9-18-28)46-38(50)30-21-12-13-22-30/h3,5-7,10-11,15-16,19-20,28,30-33,35-36H,2,4,8-9,12-14,17-18,21-26H2,1H3,(H,43,52)(H,44,51)(H,45,48)(H,46,50)(H,54,55)/t31-,32?,33+,35?,36?/m1/s1. The highest BCUT2D eigenvalue weighted by Gasteiger charge is 2.45. The summed E-state index contributed by atoms with van der Waals surface area (Å²) in [6.45, 7) is 1.48. The van der Waals surface area contributed by atoms with Crippen molar-refractivity contribution in [1.82, 2.24) is 26.2 Å². The van der Waals surface area contributed by atoms with Crippen molar-refractivity contribution in [1.29, 1.82) is 0 Å². The molecule has 56 heavy (non-hydrogen) atoms. The van der Waals surface area contributed by atoms with Crippen LogP contribution in [0.25, 0.3) is 0 Å². The molecule has 0 bridgehead atoms. The first-order valence-corrected chi connectivity index (χ1v) is 20.0. The predicted octanol–water partition coefficient (Wildman–Crippen LogP) is 3.34. The lowest BCUT2D eigenvalue weighted by Gasteiger charge is -2.35. The van der Waals surface area contributed by atoms with Gasteiger partial charge in [0.1, 0.15) is 12.1 Å². The minimum absolute atomic E-state index is 0.0802. The van der Waals surface area contributed by atoms with Gasteiger partial charge in [-0.2, -0.15) is 0 Å². The van der Waals surface area contributed by atoms with Crippen molar-refractivity contribution in [2.75, 3.05) is 13.1 Å². The van der Waals surface area contributed by atoms with Crippen molar-refractivity contribution in [2.24, 2.45) is 11.8 Å². The fraction of sp³-hybridized carbons (Fsp3) is 0.548. The molecule has 1 aliphatic heterocycles. The molecule has 5 N–H and O–H groups in total. The molecule has 14 nitrogen and oxygen atoms in total. The molecule has 5 amide bonds. The van der Waals surface area contributed by atoms with E-state index in [1.807, 2.05) is 30.3 Å². The maximum Gasteiger partial charge on any atom is 0.330 e. The predicted molar refractivity (Wildman–Crippen MR) is 205 cm³/mol. The molecule has 2 aliphatic carbocycles. The summed E-state index contributed by atoms with van der Waals surface area (Å²) >= 11 is 0. The molecule has 3 unspecified atom stereocenters. The highest BCUT2D eigenvalue weighted by Crippen LogP contribution is 2.32. The number of likely N-dealkylation sites (tertiary alicyclic amines) is 1. The highest BCUT2D eigenvalue weighted by atomic mass is 16.5. The smallest absolute Gasteiger partial charge is 0.330 e. The van der Waals surface area contributed by atoms with Crippen LogP contribution in [0.2, 0.25) is 0 Å². The van der Waals surface area contributed by atoms with Crippen LogP contribution in [0.3, 0.4) is 0 Å². The molecule has 3 aliphatic rings. The molecule has 0 spiro atoms. The third kappa shape index (κ3) is 11.5. The van der Waals surface area contributed by atoms with Gasteiger partial charge in [0.05, 0.1) is 25.3 Å². The maximum absolute atomic E-state index is 14.6. The summed E-state index contributed by atoms with van der Waals surface area (Å²) in [6, 6.07) is 13.1. The molecule has 302 valence electrons. The van der Waals surface area contributed by atoms with E-state index in [0.29, 0.717) is 12.0 Å². The van der Waals surface area contributed by atoms with Crippen LogP contribution in [0.1, 0.15) is 101 Å². The van der Waals surface area contributed by atoms with Crippen molar-refractivity contribution in [3.05, 3.63) is 71.8 Å². The van der Waals surface area contributed by atoms with Crippen LogP contribution < -0.4 is 21.3 Å². The summed E-state index contributed by atoms with van der Waals surface area (Å²) in [5.41, 5.74) is 1.25. The van der Waals surface area contributed by atoms with Gasteiger partial charge in [-0.1, -0.05) is 106 Å². The van der Waals surface area contributed by atoms with Crippen LogP contribution in [0.4, 0.5) is 0 Å². The Balaban J connectivity index is 1.28. The summed E-state index contributed by atoms with van der Waals surface area (Å²) in [7, 11) is 0. The molecule has 0 radical (unpaired) electrons. The molecule has 1 saturated heterocycles. The zero-order valence-electron chi connectivity index (χ0n) is 32.1. The normalized spacial score (nSPS) is 20.3. The second-order valence-electron chi connectivity index (χ2n) is 15.2. The zero-order chi connectivity index (χ0) is 40.0. The number of nitrogens with one attached hydrogen (secondary N) is 4. The number of carboxylic acids is 1. The fourth-order valence-corrected chi connectivity index (χ4v) is 8.06. The summed E-state index contributed by atoms with van der Waals surface area (Å²) < 4.78 is 6.23. The number of rotatable bonds is 18. The van der Waals surface area contributed by atoms with Crippen LogP contribution in [0.5, 0.6) is 0 Å². The molecule has 0 aromatic heterocycles. The summed E-state index contributed by atoms with van der Waals surface area (Å²) in [6.07, 6.45) is 8.17. The lowest BCUT2D eigenvalue weighted by Crippen LogP contribution is -2.58. The zero-order valence-corrected chi connectivity index (χ0v) is 32.1. The van der Waals surface area contributed by atoms with E-state index in [-0.39, 0.29) is 49.6 Å². The maximum atomic E-state index is 14.6. The van der Waals surface area contributed by atoms with E-state index in [0.717, 1.165) is 63.4 Å². The van der Waals surface area contributed by atoms with Gasteiger partial charge in [-0.25, -0.2) is 4.79 Å². The first-order valence-electron chi connectivity index (χ1n) is 20.0. The van der Waals surface area contributed by atoms with Gasteiger partial charge in [0.25, 0.3) is 5.91 Å². The monoisotopic (exact) mass is 773 g/mol. The Morgan fingerprint density at radius 2 is 1.45 bits per heavy atom. The number of nitrogens with zero attached hydrogens (tertiary/aromatic N) is 1. The number of carbonyl (C=O) groups is 7. The molecule has 2 aromatic rings. The van der Waals surface area contributed by atoms with Gasteiger partial charge in [-0.05, 0) is 49.1 Å². The molecule has 2 saturated carbocycles. The number of amides is 5. The average molecular weight is 774 g/mol. The van der Waals surface area contributed by atoms with Crippen LogP contribution in [-0.2, 0) is 44.9 Å². The van der Waals surface area contributed by atoms with Crippen LogP contribution >= 0.6 is 0 Å². The molecular formula is C42H55N5O9. The van der Waals surface area contributed by atoms with E-state index in [2.05, 4.69) is 21.3 Å². The van der Waals surface area contributed by atoms with Crippen LogP contribution in [0, 0.1) is 11.8 Å². The minimum Gasteiger partial charge on any atom is -0.479 e. The van der Waals surface area contributed by atoms with Crippen molar-refractivity contribution >= 4 is 41.3 Å². The van der Waals surface area contributed by atoms with E-state index in [4.69, 9.17) is 4.74 Å². The number of benzene rings is 2. The van der Waals surface area contributed by atoms with Gasteiger partial charge < -0.3 is 36.0 Å². The van der Waals surface area contributed by atoms with Crippen molar-refractivity contribution in [2.45, 2.75) is 121 Å². The largest absolute Gasteiger partial charge is 0.479 e. The Labute approximate surface area is 327 Å². The Morgan fingerprint density at radius 1 is 0.804 bits per heavy atom. The van der Waals surface area contributed by atoms with Gasteiger partial charge in [0.15, 0.2) is 6.04 Å². The summed E-state index contributed by atoms with van der Waals surface area (Å²) in [5.74, 6) is -5.57. The molecule has 14 heteroatoms. The van der Waals surface area contributed by atoms with E-state index < -0.39 is 66.3 Å². The molecule has 5 atom stereocenters. The Bertz CT molecular complexity index is 1680. The van der Waals surface area contributed by atoms with Crippen molar-refractivity contribution < 1.29 is 43.4 Å². The van der Waals surface area contributed by atoms with E-state index in [1.54, 1.807) is 37.3 Å². The van der Waals surface area contributed by atoms with E-state index in [1.165, 1.54) is 4.90 Å². The van der Waals surface area contributed by atoms with Crippen LogP contribution in [-0.4, -0.2) is 88.6 Å². The first-order chi connectivity index (χ1) is 27.0. The number of hydrogen-bond acceptors (Lipinski definition) is 8. The lowest BCUT2D eigenvalue weighted by atomic mass is 9.83. The van der Waals surface area contributed by atoms with E-state index >= 15 is 0 Å². The Hall–Kier alpha value is -5.11. The second kappa shape index (κ2) is 20.7. The average Bonchev–Trinajstić information content (AvgIpc) is 3.92. The SMILES string of the molecule is CCCC(NC(=O)[C@@H]1C[C@@H](OCc2ccccc2)CN1C(=O)C(NC(=O)C1CCCC1)C1CCCCC1)C(=O)C(=O)NCC(=O)NC(C(=O)O)c1ccccc1. The number of ether oxygens (including phenoxy) is 1. The van der Waals surface area contributed by atoms with Gasteiger partial charge in [0, 0.05) is 18.9 Å². The quantitative estimate of drug-likeness (QED) is 0.141. The first kappa shape index (κ1) is 42.0. The number of ketones is 1. The number of Topliss-reactive ketones (excluding diaryl/α,β-unsaturated/α-hetero) is 1. The number of carbonyl (C=O) groups excluding carboxylic acids is 6. The number of aliphatic carboxylic acids is 1. The third-order valence-electron chi connectivity index (χ3n) is 11.1. The summed E-state index contributed by atoms with van der Waals surface area (Å²) in [5, 5.41) is 20.0. The Morgan fingerprint density at radius 3 is 2.09 bits per heavy atom. The number of hydrogen-bond donors (Lipinski definition) is 5. The highest BCUT2D eigenvalue weighted by molar-refractivity contribution is 6.38. The summed E-state index contributed by atoms with van der Waals surface area (Å²) in [4.78, 5) is 94.6. The Kier molecular flexibility index (Phi) is 15.5. The number of carboxylic acid groups (broad SMARTS) is 1. The molecule has 5 rings (SSSR count). The van der Waals surface area contributed by atoms with Crippen molar-refractivity contribution in [3.8, 4) is 0 Å². The van der Waals surface area contributed by atoms with Gasteiger partial charge in [-0.3, -0.25) is 28.8 Å². The van der Waals surface area contributed by atoms with Gasteiger partial charge >= 0.3 is 5.97 Å². The molecule has 2 aromatic carbocycles. The molecular weight excluding hydrogens is 718 g/mol. The van der Waals surface area contributed by atoms with Gasteiger partial charge in [-0.15, -0.1) is 0 Å². The van der Waals surface area contributed by atoms with E-state index in [9.17, 15) is 38.7 Å². The lowest BCUT2D eigenvalue weighted by molar-refractivity contribution is -0.145. The topological polar surface area (TPSA) is 200 Å². The molecule has 1 heterocycles. The van der Waals surface area contributed by atoms with Gasteiger partial charge in [0.2, 0.25) is 29.4 Å².